The van der Waals surface area contributed by atoms with Crippen LogP contribution in [0.15, 0.2) is 59.6 Å². The summed E-state index contributed by atoms with van der Waals surface area (Å²) in [6.07, 6.45) is 1.99. The zero-order valence-electron chi connectivity index (χ0n) is 11.6. The van der Waals surface area contributed by atoms with Crippen LogP contribution in [0.1, 0.15) is 5.56 Å². The van der Waals surface area contributed by atoms with Crippen molar-refractivity contribution in [3.05, 3.63) is 66.1 Å². The van der Waals surface area contributed by atoms with E-state index in [0.29, 0.717) is 6.54 Å². The molecule has 22 heavy (non-hydrogen) atoms. The van der Waals surface area contributed by atoms with Gasteiger partial charge in [0, 0.05) is 28.5 Å². The van der Waals surface area contributed by atoms with Crippen LogP contribution in [-0.2, 0) is 6.54 Å². The Hall–Kier alpha value is -1.54. The summed E-state index contributed by atoms with van der Waals surface area (Å²) >= 11 is 1.24. The van der Waals surface area contributed by atoms with Crippen molar-refractivity contribution >= 4 is 51.8 Å². The minimum absolute atomic E-state index is 0. The highest BCUT2D eigenvalue weighted by atomic mass is 127. The van der Waals surface area contributed by atoms with Crippen LogP contribution in [-0.4, -0.2) is 9.73 Å². The van der Waals surface area contributed by atoms with Crippen LogP contribution in [0.5, 0.6) is 0 Å². The van der Waals surface area contributed by atoms with E-state index in [4.69, 9.17) is 11.1 Å². The van der Waals surface area contributed by atoms with Gasteiger partial charge in [-0.05, 0) is 23.8 Å². The second-order valence-corrected chi connectivity index (χ2v) is 5.81. The Balaban J connectivity index is 0.00000176. The van der Waals surface area contributed by atoms with Crippen molar-refractivity contribution in [1.29, 1.82) is 5.41 Å². The predicted octanol–water partition coefficient (Wildman–Crippen LogP) is 4.43. The molecule has 0 amide bonds. The Morgan fingerprint density at radius 2 is 1.82 bits per heavy atom. The SMILES string of the molecule is I.N=C(N)Sc1cn(Cc2ccc(F)cc2)c2ccccc12. The van der Waals surface area contributed by atoms with E-state index in [-0.39, 0.29) is 35.0 Å². The quantitative estimate of drug-likeness (QED) is 0.281. The first-order valence-corrected chi connectivity index (χ1v) is 7.29. The summed E-state index contributed by atoms with van der Waals surface area (Å²) in [5.74, 6) is -0.232. The van der Waals surface area contributed by atoms with Crippen LogP contribution in [0.25, 0.3) is 10.9 Å². The summed E-state index contributed by atoms with van der Waals surface area (Å²) in [4.78, 5) is 0.959. The zero-order valence-corrected chi connectivity index (χ0v) is 14.8. The first-order valence-electron chi connectivity index (χ1n) is 6.47. The van der Waals surface area contributed by atoms with Crippen molar-refractivity contribution in [2.45, 2.75) is 11.4 Å². The molecule has 0 saturated carbocycles. The van der Waals surface area contributed by atoms with E-state index < -0.39 is 0 Å². The fraction of sp³-hybridized carbons (Fsp3) is 0.0625. The molecule has 0 atom stereocenters. The Morgan fingerprint density at radius 3 is 2.50 bits per heavy atom. The average molecular weight is 427 g/mol. The lowest BCUT2D eigenvalue weighted by Gasteiger charge is -2.05. The monoisotopic (exact) mass is 427 g/mol. The normalized spacial score (nSPS) is 10.4. The van der Waals surface area contributed by atoms with Crippen molar-refractivity contribution in [2.75, 3.05) is 0 Å². The molecule has 0 bridgehead atoms. The molecule has 0 saturated heterocycles. The summed E-state index contributed by atoms with van der Waals surface area (Å²) in [5, 5.41) is 8.59. The van der Waals surface area contributed by atoms with E-state index in [1.165, 1.54) is 23.9 Å². The molecule has 1 aromatic heterocycles. The maximum Gasteiger partial charge on any atom is 0.156 e. The Morgan fingerprint density at radius 1 is 1.14 bits per heavy atom. The lowest BCUT2D eigenvalue weighted by atomic mass is 10.2. The van der Waals surface area contributed by atoms with Gasteiger partial charge in [-0.15, -0.1) is 24.0 Å². The molecule has 0 aliphatic rings. The summed E-state index contributed by atoms with van der Waals surface area (Å²) in [6, 6.07) is 14.5. The van der Waals surface area contributed by atoms with Gasteiger partial charge in [0.25, 0.3) is 0 Å². The van der Waals surface area contributed by atoms with Crippen molar-refractivity contribution in [1.82, 2.24) is 4.57 Å². The Kier molecular flexibility index (Phi) is 5.47. The molecule has 3 N–H and O–H groups in total. The van der Waals surface area contributed by atoms with Crippen molar-refractivity contribution in [3.63, 3.8) is 0 Å². The van der Waals surface area contributed by atoms with Gasteiger partial charge in [-0.1, -0.05) is 42.1 Å². The molecular formula is C16H15FIN3S. The van der Waals surface area contributed by atoms with E-state index in [9.17, 15) is 4.39 Å². The van der Waals surface area contributed by atoms with Crippen LogP contribution in [0.2, 0.25) is 0 Å². The third-order valence-electron chi connectivity index (χ3n) is 3.24. The molecule has 0 aliphatic heterocycles. The van der Waals surface area contributed by atoms with E-state index in [2.05, 4.69) is 4.57 Å². The van der Waals surface area contributed by atoms with E-state index in [1.807, 2.05) is 30.5 Å². The van der Waals surface area contributed by atoms with Gasteiger partial charge in [0.15, 0.2) is 5.17 Å². The number of nitrogens with one attached hydrogen (secondary N) is 1. The summed E-state index contributed by atoms with van der Waals surface area (Å²) in [5.41, 5.74) is 7.59. The number of amidine groups is 1. The van der Waals surface area contributed by atoms with Crippen LogP contribution >= 0.6 is 35.7 Å². The fourth-order valence-corrected chi connectivity index (χ4v) is 3.03. The number of hydrogen-bond donors (Lipinski definition) is 2. The van der Waals surface area contributed by atoms with Gasteiger partial charge < -0.3 is 10.3 Å². The standard InChI is InChI=1S/C16H14FN3S.HI/c17-12-7-5-11(6-8-12)9-20-10-15(21-16(18)19)13-3-1-2-4-14(13)20;/h1-8,10H,9H2,(H3,18,19);1H. The number of nitrogens with zero attached hydrogens (tertiary/aromatic N) is 1. The molecule has 0 spiro atoms. The molecular weight excluding hydrogens is 412 g/mol. The van der Waals surface area contributed by atoms with Gasteiger partial charge >= 0.3 is 0 Å². The van der Waals surface area contributed by atoms with Gasteiger partial charge in [-0.2, -0.15) is 0 Å². The summed E-state index contributed by atoms with van der Waals surface area (Å²) in [7, 11) is 0. The highest BCUT2D eigenvalue weighted by Crippen LogP contribution is 2.30. The highest BCUT2D eigenvalue weighted by molar-refractivity contribution is 14.0. The molecule has 0 fully saturated rings. The van der Waals surface area contributed by atoms with Crippen molar-refractivity contribution < 1.29 is 4.39 Å². The van der Waals surface area contributed by atoms with Crippen molar-refractivity contribution in [2.24, 2.45) is 5.73 Å². The van der Waals surface area contributed by atoms with Crippen LogP contribution in [0, 0.1) is 11.2 Å². The first-order chi connectivity index (χ1) is 10.1. The average Bonchev–Trinajstić information content (AvgIpc) is 2.79. The minimum Gasteiger partial charge on any atom is -0.378 e. The lowest BCUT2D eigenvalue weighted by molar-refractivity contribution is 0.626. The van der Waals surface area contributed by atoms with Crippen LogP contribution in [0.4, 0.5) is 4.39 Å². The number of benzene rings is 2. The van der Waals surface area contributed by atoms with Gasteiger partial charge in [-0.3, -0.25) is 5.41 Å². The van der Waals surface area contributed by atoms with E-state index in [0.717, 1.165) is 21.4 Å². The molecule has 0 radical (unpaired) electrons. The number of hydrogen-bond acceptors (Lipinski definition) is 2. The van der Waals surface area contributed by atoms with Gasteiger partial charge in [0.2, 0.25) is 0 Å². The third kappa shape index (κ3) is 3.61. The van der Waals surface area contributed by atoms with E-state index >= 15 is 0 Å². The number of nitrogens with two attached hydrogens (primary N) is 1. The van der Waals surface area contributed by atoms with Gasteiger partial charge in [0.1, 0.15) is 5.82 Å². The number of para-hydroxylation sites is 1. The summed E-state index contributed by atoms with van der Waals surface area (Å²) in [6.45, 7) is 0.652. The van der Waals surface area contributed by atoms with Crippen LogP contribution < -0.4 is 5.73 Å². The molecule has 0 aliphatic carbocycles. The topological polar surface area (TPSA) is 54.8 Å². The van der Waals surface area contributed by atoms with Crippen LogP contribution in [0.3, 0.4) is 0 Å². The molecule has 2 aromatic carbocycles. The lowest BCUT2D eigenvalue weighted by Crippen LogP contribution is -2.02. The molecule has 114 valence electrons. The Bertz CT molecular complexity index is 799. The molecule has 3 nitrogen and oxygen atoms in total. The zero-order chi connectivity index (χ0) is 14.8. The molecule has 3 rings (SSSR count). The fourth-order valence-electron chi connectivity index (χ4n) is 2.33. The minimum atomic E-state index is -0.232. The number of thioether (sulfide) groups is 1. The van der Waals surface area contributed by atoms with Gasteiger partial charge in [-0.25, -0.2) is 4.39 Å². The second-order valence-electron chi connectivity index (χ2n) is 4.73. The molecule has 6 heteroatoms. The predicted molar refractivity (Wildman–Crippen MR) is 101 cm³/mol. The smallest absolute Gasteiger partial charge is 0.156 e. The second kappa shape index (κ2) is 7.15. The molecule has 0 unspecified atom stereocenters. The molecule has 1 heterocycles. The largest absolute Gasteiger partial charge is 0.378 e. The third-order valence-corrected chi connectivity index (χ3v) is 4.00. The number of fused-ring (bicyclic) bond motifs is 1. The number of halogens is 2. The molecule has 3 aromatic rings. The van der Waals surface area contributed by atoms with Gasteiger partial charge in [0.05, 0.1) is 0 Å². The summed E-state index contributed by atoms with van der Waals surface area (Å²) < 4.78 is 15.1. The number of rotatable bonds is 3. The maximum atomic E-state index is 13.0. The maximum absolute atomic E-state index is 13.0. The number of aromatic nitrogens is 1. The Labute approximate surface area is 149 Å². The van der Waals surface area contributed by atoms with E-state index in [1.54, 1.807) is 12.1 Å². The first kappa shape index (κ1) is 16.8. The van der Waals surface area contributed by atoms with Crippen molar-refractivity contribution in [3.8, 4) is 0 Å². The highest BCUT2D eigenvalue weighted by Gasteiger charge is 2.10.